The van der Waals surface area contributed by atoms with Crippen molar-refractivity contribution in [3.8, 4) is 6.07 Å². The van der Waals surface area contributed by atoms with E-state index in [2.05, 4.69) is 16.3 Å². The molecule has 0 spiro atoms. The summed E-state index contributed by atoms with van der Waals surface area (Å²) in [6, 6.07) is 2.22. The van der Waals surface area contributed by atoms with E-state index >= 15 is 0 Å². The molecule has 1 aromatic heterocycles. The van der Waals surface area contributed by atoms with Gasteiger partial charge in [-0.3, -0.25) is 0 Å². The fraction of sp³-hybridized carbons (Fsp3) is 0.667. The summed E-state index contributed by atoms with van der Waals surface area (Å²) >= 11 is 0. The molecule has 126 valence electrons. The summed E-state index contributed by atoms with van der Waals surface area (Å²) < 4.78 is 25.4. The van der Waals surface area contributed by atoms with Crippen LogP contribution in [0.15, 0.2) is 0 Å². The molecule has 2 rings (SSSR count). The van der Waals surface area contributed by atoms with Gasteiger partial charge in [-0.05, 0) is 39.2 Å². The third-order valence-electron chi connectivity index (χ3n) is 4.63. The lowest BCUT2D eigenvalue weighted by Crippen LogP contribution is -2.46. The molecule has 23 heavy (non-hydrogen) atoms. The Morgan fingerprint density at radius 3 is 2.43 bits per heavy atom. The molecule has 1 aliphatic heterocycles. The molecule has 1 fully saturated rings. The van der Waals surface area contributed by atoms with Gasteiger partial charge in [0.05, 0.1) is 11.4 Å². The third-order valence-corrected chi connectivity index (χ3v) is 6.53. The van der Waals surface area contributed by atoms with Gasteiger partial charge in [0, 0.05) is 26.2 Å². The van der Waals surface area contributed by atoms with Gasteiger partial charge in [0.15, 0.2) is 5.82 Å². The first-order chi connectivity index (χ1) is 10.8. The van der Waals surface area contributed by atoms with Crippen molar-refractivity contribution >= 4 is 15.8 Å². The van der Waals surface area contributed by atoms with Crippen molar-refractivity contribution in [1.29, 1.82) is 5.26 Å². The standard InChI is InChI=1S/C15H23N5O2S/c1-5-23(21,22)19(4)13-6-8-20(9-7-13)15-14(10-16)11(2)12(3)17-18-15/h13H,5-9H2,1-4H3. The van der Waals surface area contributed by atoms with Crippen LogP contribution in [0.5, 0.6) is 0 Å². The number of anilines is 1. The molecule has 7 nitrogen and oxygen atoms in total. The van der Waals surface area contributed by atoms with Crippen LogP contribution in [0.4, 0.5) is 5.82 Å². The molecule has 0 unspecified atom stereocenters. The van der Waals surface area contributed by atoms with Crippen molar-refractivity contribution < 1.29 is 8.42 Å². The lowest BCUT2D eigenvalue weighted by atomic mass is 10.0. The van der Waals surface area contributed by atoms with E-state index in [0.717, 1.165) is 24.1 Å². The second kappa shape index (κ2) is 6.81. The molecule has 1 saturated heterocycles. The van der Waals surface area contributed by atoms with Crippen LogP contribution in [0.2, 0.25) is 0 Å². The number of sulfonamides is 1. The summed E-state index contributed by atoms with van der Waals surface area (Å²) in [7, 11) is -1.52. The van der Waals surface area contributed by atoms with Gasteiger partial charge in [0.1, 0.15) is 11.6 Å². The zero-order valence-corrected chi connectivity index (χ0v) is 14.9. The number of nitriles is 1. The Bertz CT molecular complexity index is 718. The second-order valence-electron chi connectivity index (χ2n) is 5.86. The average Bonchev–Trinajstić information content (AvgIpc) is 2.56. The molecule has 0 saturated carbocycles. The molecule has 2 heterocycles. The Hall–Kier alpha value is -1.72. The van der Waals surface area contributed by atoms with Gasteiger partial charge in [0.2, 0.25) is 10.0 Å². The van der Waals surface area contributed by atoms with Crippen molar-refractivity contribution in [2.75, 3.05) is 30.8 Å². The molecular formula is C15H23N5O2S. The number of hydrogen-bond acceptors (Lipinski definition) is 6. The van der Waals surface area contributed by atoms with Crippen LogP contribution in [0.1, 0.15) is 36.6 Å². The zero-order chi connectivity index (χ0) is 17.2. The van der Waals surface area contributed by atoms with Crippen LogP contribution >= 0.6 is 0 Å². The molecule has 0 amide bonds. The highest BCUT2D eigenvalue weighted by Crippen LogP contribution is 2.26. The quantitative estimate of drug-likeness (QED) is 0.820. The van der Waals surface area contributed by atoms with E-state index in [1.807, 2.05) is 18.7 Å². The highest BCUT2D eigenvalue weighted by molar-refractivity contribution is 7.89. The minimum atomic E-state index is -3.17. The van der Waals surface area contributed by atoms with E-state index in [1.54, 1.807) is 14.0 Å². The number of piperidine rings is 1. The van der Waals surface area contributed by atoms with E-state index in [9.17, 15) is 13.7 Å². The van der Waals surface area contributed by atoms with Crippen LogP contribution in [0.3, 0.4) is 0 Å². The summed E-state index contributed by atoms with van der Waals surface area (Å²) in [5.74, 6) is 0.723. The number of aromatic nitrogens is 2. The second-order valence-corrected chi connectivity index (χ2v) is 8.17. The van der Waals surface area contributed by atoms with Crippen LogP contribution in [-0.2, 0) is 10.0 Å². The lowest BCUT2D eigenvalue weighted by Gasteiger charge is -2.36. The molecule has 0 aromatic carbocycles. The van der Waals surface area contributed by atoms with Crippen molar-refractivity contribution in [2.24, 2.45) is 0 Å². The van der Waals surface area contributed by atoms with E-state index < -0.39 is 10.0 Å². The normalized spacial score (nSPS) is 16.6. The fourth-order valence-electron chi connectivity index (χ4n) is 2.82. The van der Waals surface area contributed by atoms with Crippen molar-refractivity contribution in [3.63, 3.8) is 0 Å². The van der Waals surface area contributed by atoms with Crippen LogP contribution in [0.25, 0.3) is 0 Å². The first-order valence-corrected chi connectivity index (χ1v) is 9.37. The third kappa shape index (κ3) is 3.46. The molecule has 0 bridgehead atoms. The monoisotopic (exact) mass is 337 g/mol. The van der Waals surface area contributed by atoms with Crippen molar-refractivity contribution in [3.05, 3.63) is 16.8 Å². The van der Waals surface area contributed by atoms with Crippen LogP contribution < -0.4 is 4.90 Å². The lowest BCUT2D eigenvalue weighted by molar-refractivity contribution is 0.311. The van der Waals surface area contributed by atoms with Crippen molar-refractivity contribution in [2.45, 2.75) is 39.7 Å². The Morgan fingerprint density at radius 2 is 1.91 bits per heavy atom. The number of nitrogens with zero attached hydrogens (tertiary/aromatic N) is 5. The molecule has 8 heteroatoms. The zero-order valence-electron chi connectivity index (χ0n) is 14.1. The summed E-state index contributed by atoms with van der Waals surface area (Å²) in [5.41, 5.74) is 2.17. The van der Waals surface area contributed by atoms with Crippen LogP contribution in [-0.4, -0.2) is 54.9 Å². The largest absolute Gasteiger partial charge is 0.354 e. The summed E-state index contributed by atoms with van der Waals surface area (Å²) in [6.45, 7) is 6.70. The Morgan fingerprint density at radius 1 is 1.30 bits per heavy atom. The average molecular weight is 337 g/mol. The van der Waals surface area contributed by atoms with E-state index in [1.165, 1.54) is 4.31 Å². The minimum absolute atomic E-state index is 0.00115. The summed E-state index contributed by atoms with van der Waals surface area (Å²) in [6.07, 6.45) is 1.43. The predicted molar refractivity (Wildman–Crippen MR) is 88.7 cm³/mol. The van der Waals surface area contributed by atoms with E-state index in [4.69, 9.17) is 0 Å². The van der Waals surface area contributed by atoms with Crippen LogP contribution in [0, 0.1) is 25.2 Å². The van der Waals surface area contributed by atoms with E-state index in [-0.39, 0.29) is 11.8 Å². The SMILES string of the molecule is CCS(=O)(=O)N(C)C1CCN(c2nnc(C)c(C)c2C#N)CC1. The molecule has 0 aliphatic carbocycles. The Kier molecular flexibility index (Phi) is 5.22. The fourth-order valence-corrected chi connectivity index (χ4v) is 3.90. The van der Waals surface area contributed by atoms with Gasteiger partial charge in [-0.25, -0.2) is 12.7 Å². The van der Waals surface area contributed by atoms with Gasteiger partial charge in [0.25, 0.3) is 0 Å². The molecular weight excluding hydrogens is 314 g/mol. The maximum atomic E-state index is 12.0. The predicted octanol–water partition coefficient (Wildman–Crippen LogP) is 1.22. The topological polar surface area (TPSA) is 90.2 Å². The van der Waals surface area contributed by atoms with Gasteiger partial charge < -0.3 is 4.90 Å². The maximum Gasteiger partial charge on any atom is 0.213 e. The molecule has 0 atom stereocenters. The molecule has 1 aliphatic rings. The maximum absolute atomic E-state index is 12.0. The number of rotatable bonds is 4. The minimum Gasteiger partial charge on any atom is -0.354 e. The number of hydrogen-bond donors (Lipinski definition) is 0. The molecule has 1 aromatic rings. The summed E-state index contributed by atoms with van der Waals surface area (Å²) in [5, 5.41) is 17.7. The molecule has 0 radical (unpaired) electrons. The summed E-state index contributed by atoms with van der Waals surface area (Å²) in [4.78, 5) is 2.03. The Balaban J connectivity index is 2.15. The first-order valence-electron chi connectivity index (χ1n) is 7.76. The van der Waals surface area contributed by atoms with Gasteiger partial charge in [-0.1, -0.05) is 0 Å². The smallest absolute Gasteiger partial charge is 0.213 e. The molecule has 0 N–H and O–H groups in total. The Labute approximate surface area is 138 Å². The van der Waals surface area contributed by atoms with Gasteiger partial charge >= 0.3 is 0 Å². The van der Waals surface area contributed by atoms with Gasteiger partial charge in [-0.2, -0.15) is 10.4 Å². The van der Waals surface area contributed by atoms with Crippen molar-refractivity contribution in [1.82, 2.24) is 14.5 Å². The van der Waals surface area contributed by atoms with Gasteiger partial charge in [-0.15, -0.1) is 5.10 Å². The highest BCUT2D eigenvalue weighted by atomic mass is 32.2. The number of aryl methyl sites for hydroxylation is 1. The first kappa shape index (κ1) is 17.6. The van der Waals surface area contributed by atoms with E-state index in [0.29, 0.717) is 24.5 Å². The highest BCUT2D eigenvalue weighted by Gasteiger charge is 2.30.